The minimum atomic E-state index is 0.247. The minimum absolute atomic E-state index is 0.247. The molecule has 0 spiro atoms. The van der Waals surface area contributed by atoms with E-state index in [0.717, 1.165) is 37.9 Å². The predicted molar refractivity (Wildman–Crippen MR) is 54.6 cm³/mol. The summed E-state index contributed by atoms with van der Waals surface area (Å²) in [6.07, 6.45) is 3.70. The molecule has 13 heavy (non-hydrogen) atoms. The maximum absolute atomic E-state index is 11.7. The van der Waals surface area contributed by atoms with E-state index in [-0.39, 0.29) is 5.92 Å². The Hall–Kier alpha value is -0.630. The third kappa shape index (κ3) is 3.31. The molecule has 1 atom stereocenters. The Labute approximate surface area is 80.4 Å². The highest BCUT2D eigenvalue weighted by molar-refractivity contribution is 5.83. The molecule has 2 heteroatoms. The molecule has 1 saturated heterocycles. The van der Waals surface area contributed by atoms with Crippen LogP contribution in [-0.4, -0.2) is 18.9 Å². The lowest BCUT2D eigenvalue weighted by Gasteiger charge is -2.21. The average Bonchev–Trinajstić information content (AvgIpc) is 2.19. The summed E-state index contributed by atoms with van der Waals surface area (Å²) in [7, 11) is 0. The third-order valence-corrected chi connectivity index (χ3v) is 2.68. The fourth-order valence-corrected chi connectivity index (χ4v) is 1.64. The molecule has 1 aliphatic heterocycles. The van der Waals surface area contributed by atoms with E-state index in [2.05, 4.69) is 18.8 Å². The minimum Gasteiger partial charge on any atom is -0.316 e. The van der Waals surface area contributed by atoms with Gasteiger partial charge in [0.1, 0.15) is 5.78 Å². The number of allylic oxidation sites excluding steroid dienone is 1. The lowest BCUT2D eigenvalue weighted by Crippen LogP contribution is -2.34. The summed E-state index contributed by atoms with van der Waals surface area (Å²) in [5, 5.41) is 3.26. The second-order valence-corrected chi connectivity index (χ2v) is 3.79. The molecule has 2 nitrogen and oxygen atoms in total. The van der Waals surface area contributed by atoms with Gasteiger partial charge < -0.3 is 5.32 Å². The van der Waals surface area contributed by atoms with Gasteiger partial charge >= 0.3 is 0 Å². The van der Waals surface area contributed by atoms with Crippen LogP contribution in [0.5, 0.6) is 0 Å². The molecule has 0 aliphatic carbocycles. The molecular formula is C11H19NO. The third-order valence-electron chi connectivity index (χ3n) is 2.68. The summed E-state index contributed by atoms with van der Waals surface area (Å²) in [4.78, 5) is 11.7. The highest BCUT2D eigenvalue weighted by Crippen LogP contribution is 2.16. The van der Waals surface area contributed by atoms with Crippen LogP contribution in [0.1, 0.15) is 32.6 Å². The van der Waals surface area contributed by atoms with Crippen LogP contribution in [0.25, 0.3) is 0 Å². The molecule has 0 radical (unpaired) electrons. The smallest absolute Gasteiger partial charge is 0.141 e. The first-order chi connectivity index (χ1) is 6.24. The molecular weight excluding hydrogens is 162 g/mol. The SMILES string of the molecule is C=C(CC)CC(=O)C1CCCNC1. The van der Waals surface area contributed by atoms with Crippen molar-refractivity contribution in [2.24, 2.45) is 5.92 Å². The topological polar surface area (TPSA) is 29.1 Å². The Morgan fingerprint density at radius 2 is 2.38 bits per heavy atom. The van der Waals surface area contributed by atoms with Gasteiger partial charge in [-0.1, -0.05) is 19.1 Å². The van der Waals surface area contributed by atoms with Crippen LogP contribution in [0.4, 0.5) is 0 Å². The van der Waals surface area contributed by atoms with Crippen molar-refractivity contribution < 1.29 is 4.79 Å². The van der Waals surface area contributed by atoms with Gasteiger partial charge in [-0.2, -0.15) is 0 Å². The second kappa shape index (κ2) is 5.18. The number of hydrogen-bond donors (Lipinski definition) is 1. The number of rotatable bonds is 4. The van der Waals surface area contributed by atoms with Crippen molar-refractivity contribution in [2.45, 2.75) is 32.6 Å². The van der Waals surface area contributed by atoms with Crippen molar-refractivity contribution in [1.82, 2.24) is 5.32 Å². The maximum atomic E-state index is 11.7. The first-order valence-electron chi connectivity index (χ1n) is 5.14. The van der Waals surface area contributed by atoms with Crippen molar-refractivity contribution in [1.29, 1.82) is 0 Å². The van der Waals surface area contributed by atoms with Gasteiger partial charge in [-0.15, -0.1) is 0 Å². The van der Waals surface area contributed by atoms with Crippen molar-refractivity contribution >= 4 is 5.78 Å². The fourth-order valence-electron chi connectivity index (χ4n) is 1.64. The van der Waals surface area contributed by atoms with Gasteiger partial charge in [0.2, 0.25) is 0 Å². The molecule has 1 unspecified atom stereocenters. The second-order valence-electron chi connectivity index (χ2n) is 3.79. The molecule has 0 bridgehead atoms. The van der Waals surface area contributed by atoms with E-state index >= 15 is 0 Å². The van der Waals surface area contributed by atoms with Gasteiger partial charge in [0, 0.05) is 18.9 Å². The molecule has 74 valence electrons. The number of piperidine rings is 1. The maximum Gasteiger partial charge on any atom is 0.141 e. The van der Waals surface area contributed by atoms with Crippen LogP contribution < -0.4 is 5.32 Å². The van der Waals surface area contributed by atoms with Gasteiger partial charge in [-0.05, 0) is 25.8 Å². The van der Waals surface area contributed by atoms with Crippen molar-refractivity contribution in [3.05, 3.63) is 12.2 Å². The van der Waals surface area contributed by atoms with Crippen molar-refractivity contribution in [3.63, 3.8) is 0 Å². The largest absolute Gasteiger partial charge is 0.316 e. The van der Waals surface area contributed by atoms with E-state index in [4.69, 9.17) is 0 Å². The quantitative estimate of drug-likeness (QED) is 0.671. The summed E-state index contributed by atoms with van der Waals surface area (Å²) in [5.41, 5.74) is 1.07. The molecule has 0 amide bonds. The number of carbonyl (C=O) groups excluding carboxylic acids is 1. The number of hydrogen-bond acceptors (Lipinski definition) is 2. The van der Waals surface area contributed by atoms with Crippen molar-refractivity contribution in [2.75, 3.05) is 13.1 Å². The molecule has 0 aromatic heterocycles. The van der Waals surface area contributed by atoms with Gasteiger partial charge in [0.15, 0.2) is 0 Å². The van der Waals surface area contributed by atoms with Crippen LogP contribution in [0.2, 0.25) is 0 Å². The van der Waals surface area contributed by atoms with Crippen LogP contribution in [0.3, 0.4) is 0 Å². The molecule has 1 N–H and O–H groups in total. The van der Waals surface area contributed by atoms with E-state index in [9.17, 15) is 4.79 Å². The molecule has 1 heterocycles. The Morgan fingerprint density at radius 1 is 1.62 bits per heavy atom. The van der Waals surface area contributed by atoms with E-state index in [0.29, 0.717) is 12.2 Å². The van der Waals surface area contributed by atoms with E-state index < -0.39 is 0 Å². The Morgan fingerprint density at radius 3 is 2.92 bits per heavy atom. The van der Waals surface area contributed by atoms with Crippen LogP contribution in [0, 0.1) is 5.92 Å². The number of nitrogens with one attached hydrogen (secondary N) is 1. The zero-order chi connectivity index (χ0) is 9.68. The summed E-state index contributed by atoms with van der Waals surface area (Å²) in [6, 6.07) is 0. The number of ketones is 1. The first kappa shape index (κ1) is 10.5. The van der Waals surface area contributed by atoms with Gasteiger partial charge in [0.25, 0.3) is 0 Å². The summed E-state index contributed by atoms with van der Waals surface area (Å²) in [6.45, 7) is 7.86. The lowest BCUT2D eigenvalue weighted by molar-refractivity contribution is -0.122. The highest BCUT2D eigenvalue weighted by atomic mass is 16.1. The zero-order valence-corrected chi connectivity index (χ0v) is 8.44. The van der Waals surface area contributed by atoms with Crippen LogP contribution >= 0.6 is 0 Å². The zero-order valence-electron chi connectivity index (χ0n) is 8.44. The number of carbonyl (C=O) groups is 1. The Balaban J connectivity index is 2.33. The van der Waals surface area contributed by atoms with Crippen molar-refractivity contribution in [3.8, 4) is 0 Å². The molecule has 1 fully saturated rings. The van der Waals surface area contributed by atoms with Crippen LogP contribution in [-0.2, 0) is 4.79 Å². The van der Waals surface area contributed by atoms with Gasteiger partial charge in [-0.25, -0.2) is 0 Å². The van der Waals surface area contributed by atoms with E-state index in [1.165, 1.54) is 0 Å². The van der Waals surface area contributed by atoms with Gasteiger partial charge in [0.05, 0.1) is 0 Å². The number of Topliss-reactive ketones (excluding diaryl/α,β-unsaturated/α-hetero) is 1. The summed E-state index contributed by atoms with van der Waals surface area (Å²) in [5.74, 6) is 0.621. The molecule has 1 rings (SSSR count). The summed E-state index contributed by atoms with van der Waals surface area (Å²) < 4.78 is 0. The molecule has 1 aliphatic rings. The summed E-state index contributed by atoms with van der Waals surface area (Å²) >= 11 is 0. The van der Waals surface area contributed by atoms with E-state index in [1.54, 1.807) is 0 Å². The average molecular weight is 181 g/mol. The molecule has 0 aromatic carbocycles. The molecule has 0 saturated carbocycles. The lowest BCUT2D eigenvalue weighted by atomic mass is 9.91. The Kier molecular flexibility index (Phi) is 4.16. The van der Waals surface area contributed by atoms with E-state index in [1.807, 2.05) is 0 Å². The fraction of sp³-hybridized carbons (Fsp3) is 0.727. The molecule has 0 aromatic rings. The highest BCUT2D eigenvalue weighted by Gasteiger charge is 2.20. The Bertz CT molecular complexity index is 192. The first-order valence-corrected chi connectivity index (χ1v) is 5.14. The predicted octanol–water partition coefficient (Wildman–Crippen LogP) is 1.91. The monoisotopic (exact) mass is 181 g/mol. The standard InChI is InChI=1S/C11H19NO/c1-3-9(2)7-11(13)10-5-4-6-12-8-10/h10,12H,2-8H2,1H3. The normalized spacial score (nSPS) is 22.7. The van der Waals surface area contributed by atoms with Crippen LogP contribution in [0.15, 0.2) is 12.2 Å². The van der Waals surface area contributed by atoms with Gasteiger partial charge in [-0.3, -0.25) is 4.79 Å².